The fourth-order valence-corrected chi connectivity index (χ4v) is 6.69. The summed E-state index contributed by atoms with van der Waals surface area (Å²) in [5.74, 6) is 0.731. The lowest BCUT2D eigenvalue weighted by Crippen LogP contribution is -2.51. The number of phenolic OH excluding ortho intramolecular Hbond substituents is 1. The summed E-state index contributed by atoms with van der Waals surface area (Å²) in [5, 5.41) is 16.5. The van der Waals surface area contributed by atoms with Gasteiger partial charge in [0.25, 0.3) is 0 Å². The van der Waals surface area contributed by atoms with Gasteiger partial charge in [-0.05, 0) is 66.8 Å². The molecule has 216 valence electrons. The number of hydrogen-bond donors (Lipinski definition) is 2. The minimum Gasteiger partial charge on any atom is -0.508 e. The maximum atomic E-state index is 16.6. The lowest BCUT2D eigenvalue weighted by atomic mass is 9.96. The number of phenols is 1. The molecule has 0 aliphatic carbocycles. The minimum absolute atomic E-state index is 0.0420. The molecule has 2 atom stereocenters. The summed E-state index contributed by atoms with van der Waals surface area (Å²) in [6, 6.07) is 13.4. The number of piperazine rings is 1. The van der Waals surface area contributed by atoms with Crippen LogP contribution in [0.3, 0.4) is 0 Å². The molecule has 2 N–H and O–H groups in total. The van der Waals surface area contributed by atoms with Crippen LogP contribution in [0.1, 0.15) is 33.1 Å². The highest BCUT2D eigenvalue weighted by molar-refractivity contribution is 6.35. The third kappa shape index (κ3) is 5.78. The Morgan fingerprint density at radius 1 is 1.12 bits per heavy atom. The average Bonchev–Trinajstić information content (AvgIpc) is 3.27. The SMILES string of the molecule is CC(C)CN(C)CCCOc1nc(N2CC3CCC(C2)N3)c2cc(Cl)c(-c3cc(O)cc4ccccc34)c(F)c2n1. The van der Waals surface area contributed by atoms with Gasteiger partial charge in [0, 0.05) is 49.2 Å². The molecule has 2 bridgehead atoms. The van der Waals surface area contributed by atoms with E-state index in [9.17, 15) is 5.11 Å². The van der Waals surface area contributed by atoms with Crippen molar-refractivity contribution in [3.63, 3.8) is 0 Å². The van der Waals surface area contributed by atoms with Crippen LogP contribution in [0.2, 0.25) is 5.02 Å². The third-order valence-corrected chi connectivity index (χ3v) is 8.36. The topological polar surface area (TPSA) is 73.8 Å². The van der Waals surface area contributed by atoms with Crippen molar-refractivity contribution < 1.29 is 14.2 Å². The van der Waals surface area contributed by atoms with Gasteiger partial charge in [-0.1, -0.05) is 49.7 Å². The van der Waals surface area contributed by atoms with Gasteiger partial charge in [0.1, 0.15) is 17.1 Å². The molecule has 2 unspecified atom stereocenters. The van der Waals surface area contributed by atoms with Crippen molar-refractivity contribution in [3.8, 4) is 22.9 Å². The molecule has 0 radical (unpaired) electrons. The molecule has 3 aromatic carbocycles. The first-order valence-corrected chi connectivity index (χ1v) is 14.9. The van der Waals surface area contributed by atoms with E-state index in [1.54, 1.807) is 18.2 Å². The van der Waals surface area contributed by atoms with Gasteiger partial charge in [0.05, 0.1) is 11.6 Å². The minimum atomic E-state index is -0.550. The molecule has 0 saturated carbocycles. The van der Waals surface area contributed by atoms with Crippen LogP contribution in [-0.4, -0.2) is 71.9 Å². The molecular weight excluding hydrogens is 541 g/mol. The van der Waals surface area contributed by atoms with E-state index in [4.69, 9.17) is 21.3 Å². The highest BCUT2D eigenvalue weighted by Gasteiger charge is 2.34. The van der Waals surface area contributed by atoms with E-state index < -0.39 is 5.82 Å². The van der Waals surface area contributed by atoms with Crippen LogP contribution in [0.4, 0.5) is 10.2 Å². The highest BCUT2D eigenvalue weighted by atomic mass is 35.5. The standard InChI is InChI=1S/C32H37ClFN5O2/c1-19(2)16-38(3)11-6-12-41-32-36-30-26(31(37-32)39-17-21-9-10-22(18-39)35-21)15-27(33)28(29(30)34)25-14-23(40)13-20-7-4-5-8-24(20)25/h4-5,7-8,13-15,19,21-22,35,40H,6,9-12,16-18H2,1-3H3. The summed E-state index contributed by atoms with van der Waals surface area (Å²) in [4.78, 5) is 13.9. The van der Waals surface area contributed by atoms with Crippen LogP contribution in [0.25, 0.3) is 32.8 Å². The summed E-state index contributed by atoms with van der Waals surface area (Å²) in [5.41, 5.74) is 0.887. The number of fused-ring (bicyclic) bond motifs is 4. The first-order chi connectivity index (χ1) is 19.8. The van der Waals surface area contributed by atoms with Crippen molar-refractivity contribution >= 4 is 39.1 Å². The zero-order valence-corrected chi connectivity index (χ0v) is 24.6. The van der Waals surface area contributed by atoms with Gasteiger partial charge in [-0.15, -0.1) is 0 Å². The van der Waals surface area contributed by atoms with Gasteiger partial charge in [0.2, 0.25) is 0 Å². The second-order valence-corrected chi connectivity index (χ2v) is 12.3. The molecule has 2 saturated heterocycles. The van der Waals surface area contributed by atoms with Crippen LogP contribution in [0.15, 0.2) is 42.5 Å². The molecule has 0 amide bonds. The number of halogens is 2. The van der Waals surface area contributed by atoms with E-state index in [2.05, 4.69) is 41.0 Å². The average molecular weight is 578 g/mol. The van der Waals surface area contributed by atoms with Crippen molar-refractivity contribution in [2.24, 2.45) is 5.92 Å². The van der Waals surface area contributed by atoms with E-state index in [0.29, 0.717) is 41.4 Å². The van der Waals surface area contributed by atoms with Gasteiger partial charge in [-0.2, -0.15) is 9.97 Å². The van der Waals surface area contributed by atoms with E-state index >= 15 is 4.39 Å². The molecule has 2 fully saturated rings. The van der Waals surface area contributed by atoms with Gasteiger partial charge < -0.3 is 25.0 Å². The van der Waals surface area contributed by atoms with Crippen molar-refractivity contribution in [2.45, 2.75) is 45.2 Å². The maximum absolute atomic E-state index is 16.6. The summed E-state index contributed by atoms with van der Waals surface area (Å²) >= 11 is 6.84. The molecule has 2 aliphatic heterocycles. The molecule has 41 heavy (non-hydrogen) atoms. The zero-order valence-electron chi connectivity index (χ0n) is 23.8. The van der Waals surface area contributed by atoms with Crippen molar-refractivity contribution in [2.75, 3.05) is 44.7 Å². The van der Waals surface area contributed by atoms with Crippen molar-refractivity contribution in [3.05, 3.63) is 53.3 Å². The number of benzene rings is 3. The van der Waals surface area contributed by atoms with E-state index in [-0.39, 0.29) is 27.9 Å². The highest BCUT2D eigenvalue weighted by Crippen LogP contribution is 2.42. The Balaban J connectivity index is 1.42. The smallest absolute Gasteiger partial charge is 0.319 e. The Labute approximate surface area is 245 Å². The lowest BCUT2D eigenvalue weighted by molar-refractivity contribution is 0.238. The molecular formula is C32H37ClFN5O2. The van der Waals surface area contributed by atoms with Gasteiger partial charge in [-0.25, -0.2) is 4.39 Å². The number of nitrogens with one attached hydrogen (secondary N) is 1. The second kappa shape index (κ2) is 11.6. The van der Waals surface area contributed by atoms with E-state index in [1.807, 2.05) is 24.3 Å². The Bertz CT molecular complexity index is 1570. The van der Waals surface area contributed by atoms with Gasteiger partial charge in [0.15, 0.2) is 5.82 Å². The largest absolute Gasteiger partial charge is 0.508 e. The molecule has 9 heteroatoms. The molecule has 3 heterocycles. The Morgan fingerprint density at radius 2 is 1.88 bits per heavy atom. The van der Waals surface area contributed by atoms with Crippen LogP contribution >= 0.6 is 11.6 Å². The first kappa shape index (κ1) is 27.9. The number of hydrogen-bond acceptors (Lipinski definition) is 7. The quantitative estimate of drug-likeness (QED) is 0.228. The van der Waals surface area contributed by atoms with Crippen molar-refractivity contribution in [1.82, 2.24) is 20.2 Å². The maximum Gasteiger partial charge on any atom is 0.319 e. The third-order valence-electron chi connectivity index (χ3n) is 8.07. The van der Waals surface area contributed by atoms with Gasteiger partial charge in [-0.3, -0.25) is 0 Å². The Hall–Kier alpha value is -3.20. The van der Waals surface area contributed by atoms with Crippen LogP contribution in [-0.2, 0) is 0 Å². The number of aromatic nitrogens is 2. The predicted octanol–water partition coefficient (Wildman–Crippen LogP) is 6.25. The number of aromatic hydroxyl groups is 1. The van der Waals surface area contributed by atoms with E-state index in [0.717, 1.165) is 56.2 Å². The Morgan fingerprint density at radius 3 is 2.63 bits per heavy atom. The van der Waals surface area contributed by atoms with Gasteiger partial charge >= 0.3 is 6.01 Å². The fourth-order valence-electron chi connectivity index (χ4n) is 6.40. The van der Waals surface area contributed by atoms with Crippen LogP contribution in [0, 0.1) is 11.7 Å². The molecule has 1 aromatic heterocycles. The summed E-state index contributed by atoms with van der Waals surface area (Å²) in [6.45, 7) is 8.29. The number of ether oxygens (including phenoxy) is 1. The molecule has 7 nitrogen and oxygen atoms in total. The fraction of sp³-hybridized carbons (Fsp3) is 0.438. The normalized spacial score (nSPS) is 18.8. The van der Waals surface area contributed by atoms with Crippen molar-refractivity contribution in [1.29, 1.82) is 0 Å². The zero-order chi connectivity index (χ0) is 28.7. The van der Waals surface area contributed by atoms with Crippen LogP contribution < -0.4 is 15.0 Å². The predicted molar refractivity (Wildman–Crippen MR) is 164 cm³/mol. The summed E-state index contributed by atoms with van der Waals surface area (Å²) < 4.78 is 22.7. The lowest BCUT2D eigenvalue weighted by Gasteiger charge is -2.34. The monoisotopic (exact) mass is 577 g/mol. The summed E-state index contributed by atoms with van der Waals surface area (Å²) in [6.07, 6.45) is 3.03. The molecule has 4 aromatic rings. The number of nitrogens with zero attached hydrogens (tertiary/aromatic N) is 4. The second-order valence-electron chi connectivity index (χ2n) is 11.9. The summed E-state index contributed by atoms with van der Waals surface area (Å²) in [7, 11) is 2.11. The number of rotatable bonds is 9. The number of anilines is 1. The van der Waals surface area contributed by atoms with E-state index in [1.165, 1.54) is 0 Å². The molecule has 6 rings (SSSR count). The van der Waals surface area contributed by atoms with Crippen LogP contribution in [0.5, 0.6) is 11.8 Å². The molecule has 2 aliphatic rings. The molecule has 0 spiro atoms. The first-order valence-electron chi connectivity index (χ1n) is 14.5. The Kier molecular flexibility index (Phi) is 7.90.